The molecule has 2 aromatic heterocycles. The van der Waals surface area contributed by atoms with Crippen molar-refractivity contribution in [3.8, 4) is 22.5 Å². The molecule has 0 aliphatic carbocycles. The highest BCUT2D eigenvalue weighted by atomic mass is 35.5. The molecule has 0 fully saturated rings. The van der Waals surface area contributed by atoms with E-state index in [1.807, 2.05) is 48.5 Å². The Kier molecular flexibility index (Phi) is 11.7. The summed E-state index contributed by atoms with van der Waals surface area (Å²) in [5, 5.41) is 39.5. The summed E-state index contributed by atoms with van der Waals surface area (Å²) in [6, 6.07) is 22.0. The fourth-order valence-corrected chi connectivity index (χ4v) is 5.34. The molecule has 0 radical (unpaired) electrons. The Morgan fingerprint density at radius 1 is 0.959 bits per heavy atom. The first-order chi connectivity index (χ1) is 23.6. The van der Waals surface area contributed by atoms with Gasteiger partial charge in [-0.25, -0.2) is 19.4 Å². The number of aromatic nitrogens is 6. The number of tetrazole rings is 1. The van der Waals surface area contributed by atoms with Crippen LogP contribution in [0.3, 0.4) is 0 Å². The quantitative estimate of drug-likeness (QED) is 0.0817. The highest BCUT2D eigenvalue weighted by Gasteiger charge is 2.22. The molecule has 5 aromatic rings. The van der Waals surface area contributed by atoms with E-state index in [1.54, 1.807) is 35.8 Å². The first-order valence-corrected chi connectivity index (χ1v) is 15.7. The summed E-state index contributed by atoms with van der Waals surface area (Å²) in [5.74, 6) is -0.181. The van der Waals surface area contributed by atoms with E-state index >= 15 is 0 Å². The molecule has 0 aliphatic rings. The molecule has 0 spiro atoms. The molecular weight excluding hydrogens is 658 g/mol. The van der Waals surface area contributed by atoms with Gasteiger partial charge in [-0.1, -0.05) is 97.7 Å². The monoisotopic (exact) mass is 691 g/mol. The highest BCUT2D eigenvalue weighted by Crippen LogP contribution is 2.31. The molecule has 3 N–H and O–H groups in total. The third kappa shape index (κ3) is 9.04. The van der Waals surface area contributed by atoms with Crippen molar-refractivity contribution in [1.82, 2.24) is 35.1 Å². The Morgan fingerprint density at radius 3 is 2.37 bits per heavy atom. The second-order valence-electron chi connectivity index (χ2n) is 10.9. The molecule has 1 atom stereocenters. The number of carbonyl (C=O) groups excluding carboxylic acids is 1. The Labute approximate surface area is 285 Å². The van der Waals surface area contributed by atoms with E-state index < -0.39 is 18.4 Å². The zero-order chi connectivity index (χ0) is 34.9. The van der Waals surface area contributed by atoms with E-state index in [0.29, 0.717) is 41.3 Å². The van der Waals surface area contributed by atoms with Gasteiger partial charge in [-0.3, -0.25) is 10.4 Å². The summed E-state index contributed by atoms with van der Waals surface area (Å²) < 4.78 is 12.2. The summed E-state index contributed by atoms with van der Waals surface area (Å²) in [7, 11) is 0. The predicted molar refractivity (Wildman–Crippen MR) is 173 cm³/mol. The molecule has 3 aromatic carbocycles. The molecule has 15 nitrogen and oxygen atoms in total. The van der Waals surface area contributed by atoms with E-state index in [2.05, 4.69) is 32.2 Å². The van der Waals surface area contributed by atoms with E-state index in [9.17, 15) is 14.7 Å². The summed E-state index contributed by atoms with van der Waals surface area (Å²) >= 11 is 6.20. The molecule has 0 bridgehead atoms. The van der Waals surface area contributed by atoms with Crippen LogP contribution in [-0.4, -0.2) is 62.8 Å². The molecule has 0 amide bonds. The summed E-state index contributed by atoms with van der Waals surface area (Å²) in [4.78, 5) is 34.4. The number of benzene rings is 3. The van der Waals surface area contributed by atoms with E-state index in [1.165, 1.54) is 0 Å². The molecule has 0 saturated carbocycles. The van der Waals surface area contributed by atoms with Gasteiger partial charge in [-0.05, 0) is 46.4 Å². The number of halogens is 1. The number of carboxylic acids is 1. The zero-order valence-corrected chi connectivity index (χ0v) is 27.4. The average Bonchev–Trinajstić information content (AvgIpc) is 3.71. The minimum Gasteiger partial charge on any atom is -0.476 e. The molecule has 0 saturated heterocycles. The van der Waals surface area contributed by atoms with Crippen LogP contribution < -0.4 is 0 Å². The van der Waals surface area contributed by atoms with Crippen molar-refractivity contribution in [2.45, 2.75) is 59.1 Å². The number of rotatable bonds is 15. The van der Waals surface area contributed by atoms with Crippen molar-refractivity contribution in [3.63, 3.8) is 0 Å². The molecular formula is C33H34ClN7O8. The van der Waals surface area contributed by atoms with Crippen molar-refractivity contribution >= 4 is 23.7 Å². The topological polar surface area (TPSA) is 187 Å². The number of carbonyl (C=O) groups is 2. The Bertz CT molecular complexity index is 1890. The minimum atomic E-state index is -1.13. The fourth-order valence-electron chi connectivity index (χ4n) is 5.06. The number of ether oxygens (including phenoxy) is 2. The van der Waals surface area contributed by atoms with Gasteiger partial charge < -0.3 is 19.1 Å². The summed E-state index contributed by atoms with van der Waals surface area (Å²) in [6.07, 6.45) is 0.540. The van der Waals surface area contributed by atoms with Gasteiger partial charge in [0.05, 0.1) is 12.0 Å². The van der Waals surface area contributed by atoms with Crippen molar-refractivity contribution in [3.05, 3.63) is 106 Å². The largest absolute Gasteiger partial charge is 0.510 e. The van der Waals surface area contributed by atoms with Crippen LogP contribution in [-0.2, 0) is 40.5 Å². The number of aromatic carboxylic acids is 1. The van der Waals surface area contributed by atoms with Crippen LogP contribution in [0.25, 0.3) is 22.5 Å². The lowest BCUT2D eigenvalue weighted by Gasteiger charge is -2.12. The van der Waals surface area contributed by atoms with Crippen LogP contribution in [0.5, 0.6) is 0 Å². The number of unbranched alkanes of at least 4 members (excludes halogenated alkanes) is 1. The summed E-state index contributed by atoms with van der Waals surface area (Å²) in [5.41, 5.74) is 4.50. The van der Waals surface area contributed by atoms with Crippen molar-refractivity contribution in [2.75, 3.05) is 0 Å². The van der Waals surface area contributed by atoms with Gasteiger partial charge in [0.1, 0.15) is 12.4 Å². The maximum Gasteiger partial charge on any atom is 0.510 e. The van der Waals surface area contributed by atoms with Gasteiger partial charge in [0.25, 0.3) is 0 Å². The molecule has 5 rings (SSSR count). The van der Waals surface area contributed by atoms with Gasteiger partial charge in [-0.2, -0.15) is 0 Å². The normalized spacial score (nSPS) is 11.9. The Balaban J connectivity index is 1.25. The average molecular weight is 692 g/mol. The van der Waals surface area contributed by atoms with Crippen LogP contribution in [0.15, 0.2) is 72.8 Å². The number of imidazole rings is 1. The molecule has 49 heavy (non-hydrogen) atoms. The van der Waals surface area contributed by atoms with Gasteiger partial charge in [-0.15, -0.1) is 15.0 Å². The smallest absolute Gasteiger partial charge is 0.476 e. The Morgan fingerprint density at radius 2 is 1.67 bits per heavy atom. The van der Waals surface area contributed by atoms with Crippen LogP contribution in [0.2, 0.25) is 5.15 Å². The molecule has 1 unspecified atom stereocenters. The summed E-state index contributed by atoms with van der Waals surface area (Å²) in [6.45, 7) is 3.73. The zero-order valence-electron chi connectivity index (χ0n) is 26.6. The fraction of sp³-hybridized carbons (Fsp3) is 0.273. The lowest BCUT2D eigenvalue weighted by molar-refractivity contribution is -0.497. The van der Waals surface area contributed by atoms with E-state index in [-0.39, 0.29) is 29.5 Å². The van der Waals surface area contributed by atoms with Crippen LogP contribution in [0.1, 0.15) is 65.9 Å². The van der Waals surface area contributed by atoms with Crippen LogP contribution in [0, 0.1) is 0 Å². The van der Waals surface area contributed by atoms with Gasteiger partial charge >= 0.3 is 12.1 Å². The Hall–Kier alpha value is -5.19. The third-order valence-corrected chi connectivity index (χ3v) is 7.71. The molecule has 0 aliphatic heterocycles. The van der Waals surface area contributed by atoms with Gasteiger partial charge in [0, 0.05) is 18.5 Å². The second-order valence-corrected chi connectivity index (χ2v) is 11.3. The van der Waals surface area contributed by atoms with Crippen molar-refractivity contribution in [1.29, 1.82) is 0 Å². The number of hydrogen-bond donors (Lipinski definition) is 3. The van der Waals surface area contributed by atoms with Crippen LogP contribution >= 0.6 is 11.6 Å². The van der Waals surface area contributed by atoms with Crippen LogP contribution in [0.4, 0.5) is 4.79 Å². The number of aryl methyl sites for hydroxylation is 1. The predicted octanol–water partition coefficient (Wildman–Crippen LogP) is 6.33. The standard InChI is InChI=1S/C33H34ClN7O8/c1-3-4-12-28-35-30(34)29(32(42)43)39(28)18-22-13-15-25(16-14-22)26-10-5-6-11-27(26)31-36-38-40(37-31)21(2)49-33(44)47-19-23-8-7-9-24(17-23)20-48-41(45)46/h5-11,13-17,21,45-46H,3-4,12,18-20H2,1-2H3,(H,42,43). The minimum absolute atomic E-state index is 0.0182. The maximum absolute atomic E-state index is 12.4. The molecule has 256 valence electrons. The second kappa shape index (κ2) is 16.3. The first kappa shape index (κ1) is 35.1. The number of hydrogen-bond acceptors (Lipinski definition) is 12. The molecule has 16 heteroatoms. The van der Waals surface area contributed by atoms with E-state index in [4.69, 9.17) is 31.5 Å². The maximum atomic E-state index is 12.4. The number of carboxylic acid groups (broad SMARTS) is 1. The highest BCUT2D eigenvalue weighted by molar-refractivity contribution is 6.32. The van der Waals surface area contributed by atoms with Crippen molar-refractivity contribution in [2.24, 2.45) is 0 Å². The number of nitrogens with zero attached hydrogens (tertiary/aromatic N) is 7. The SMILES string of the molecule is CCCCc1nc(Cl)c(C(=O)O)n1Cc1ccc(-c2ccccc2-c2nnn(C(C)OC(=O)OCc3cccc(CON(O)O)c3)n2)cc1. The van der Waals surface area contributed by atoms with Gasteiger partial charge in [0.2, 0.25) is 12.1 Å². The van der Waals surface area contributed by atoms with Gasteiger partial charge in [0.15, 0.2) is 10.8 Å². The van der Waals surface area contributed by atoms with E-state index in [0.717, 1.165) is 34.3 Å². The molecule has 2 heterocycles. The lowest BCUT2D eigenvalue weighted by atomic mass is 9.98. The third-order valence-electron chi connectivity index (χ3n) is 7.45. The first-order valence-electron chi connectivity index (χ1n) is 15.3. The van der Waals surface area contributed by atoms with Crippen molar-refractivity contribution < 1.29 is 39.4 Å². The lowest BCUT2D eigenvalue weighted by Crippen LogP contribution is -2.18.